The fraction of sp³-hybridized carbons (Fsp3) is 0.714. The molecule has 9 nitrogen and oxygen atoms in total. The van der Waals surface area contributed by atoms with Crippen LogP contribution in [-0.4, -0.2) is 77.2 Å². The lowest BCUT2D eigenvalue weighted by molar-refractivity contribution is -0.123. The van der Waals surface area contributed by atoms with Gasteiger partial charge in [-0.25, -0.2) is 0 Å². The summed E-state index contributed by atoms with van der Waals surface area (Å²) in [5.41, 5.74) is 20.8. The van der Waals surface area contributed by atoms with Crippen LogP contribution in [-0.2, 0) is 0 Å². The highest BCUT2D eigenvalue weighted by atomic mass is 32.2. The Kier molecular flexibility index (Phi) is 10.7. The third-order valence-electron chi connectivity index (χ3n) is 5.68. The van der Waals surface area contributed by atoms with E-state index < -0.39 is 5.72 Å². The van der Waals surface area contributed by atoms with Gasteiger partial charge in [0, 0.05) is 30.3 Å². The first-order valence-electron chi connectivity index (χ1n) is 11.2. The second-order valence-electron chi connectivity index (χ2n) is 8.05. The quantitative estimate of drug-likeness (QED) is 0.112. The highest BCUT2D eigenvalue weighted by molar-refractivity contribution is 8.03. The molecule has 10 heteroatoms. The second-order valence-corrected chi connectivity index (χ2v) is 9.18. The summed E-state index contributed by atoms with van der Waals surface area (Å²) in [7, 11) is 0. The van der Waals surface area contributed by atoms with E-state index in [-0.39, 0.29) is 18.1 Å². The molecule has 9 N–H and O–H groups in total. The molecule has 2 unspecified atom stereocenters. The number of aliphatic hydroxyl groups is 1. The van der Waals surface area contributed by atoms with Crippen molar-refractivity contribution in [3.8, 4) is 0 Å². The third-order valence-corrected chi connectivity index (χ3v) is 6.84. The highest BCUT2D eigenvalue weighted by Crippen LogP contribution is 2.44. The summed E-state index contributed by atoms with van der Waals surface area (Å²) in [5, 5.41) is 11.8. The summed E-state index contributed by atoms with van der Waals surface area (Å²) in [4.78, 5) is 13.9. The van der Waals surface area contributed by atoms with Crippen molar-refractivity contribution in [3.63, 3.8) is 0 Å². The van der Waals surface area contributed by atoms with Crippen molar-refractivity contribution in [1.29, 1.82) is 0 Å². The zero-order valence-electron chi connectivity index (χ0n) is 18.6. The predicted molar refractivity (Wildman–Crippen MR) is 131 cm³/mol. The molecule has 0 aromatic rings. The van der Waals surface area contributed by atoms with Gasteiger partial charge in [0.15, 0.2) is 17.6 Å². The maximum atomic E-state index is 11.8. The lowest BCUT2D eigenvalue weighted by atomic mass is 10.0. The molecule has 0 saturated carbocycles. The van der Waals surface area contributed by atoms with E-state index in [0.717, 1.165) is 75.2 Å². The fourth-order valence-electron chi connectivity index (χ4n) is 4.22. The molecule has 1 fully saturated rings. The number of thioether (sulfide) groups is 1. The summed E-state index contributed by atoms with van der Waals surface area (Å²) in [6, 6.07) is 0. The first kappa shape index (κ1) is 25.5. The standard InChI is InChI=1S/C21H40N8OS/c1-2-3-4-5-9-21(30)17(31-15-11-27-20(24)25)16-18-28(13-8-14-29(18)21)12-7-6-10-26-19(22)23/h2,16,18,30H,1,3-15H2,(H4,22,23,26)(H4,24,25,27). The summed E-state index contributed by atoms with van der Waals surface area (Å²) in [6.07, 6.45) is 11.0. The van der Waals surface area contributed by atoms with Crippen molar-refractivity contribution >= 4 is 23.7 Å². The van der Waals surface area contributed by atoms with Crippen molar-refractivity contribution in [3.05, 3.63) is 23.6 Å². The van der Waals surface area contributed by atoms with Crippen LogP contribution in [0.1, 0.15) is 44.9 Å². The number of allylic oxidation sites excluding steroid dienone is 1. The maximum absolute atomic E-state index is 11.8. The Morgan fingerprint density at radius 3 is 2.58 bits per heavy atom. The second kappa shape index (κ2) is 12.9. The van der Waals surface area contributed by atoms with Crippen LogP contribution in [0.5, 0.6) is 0 Å². The van der Waals surface area contributed by atoms with Crippen LogP contribution in [0.2, 0.25) is 0 Å². The number of hydrogen-bond acceptors (Lipinski definition) is 6. The van der Waals surface area contributed by atoms with Crippen LogP contribution >= 0.6 is 11.8 Å². The van der Waals surface area contributed by atoms with Crippen LogP contribution in [0.25, 0.3) is 0 Å². The number of nitrogens with zero attached hydrogens (tertiary/aromatic N) is 4. The van der Waals surface area contributed by atoms with E-state index in [1.807, 2.05) is 6.08 Å². The van der Waals surface area contributed by atoms with Gasteiger partial charge in [0.25, 0.3) is 0 Å². The van der Waals surface area contributed by atoms with Crippen molar-refractivity contribution in [2.24, 2.45) is 32.9 Å². The average molecular weight is 453 g/mol. The Balaban J connectivity index is 2.04. The minimum atomic E-state index is -0.925. The highest BCUT2D eigenvalue weighted by Gasteiger charge is 2.49. The first-order chi connectivity index (χ1) is 14.9. The smallest absolute Gasteiger partial charge is 0.185 e. The van der Waals surface area contributed by atoms with E-state index in [4.69, 9.17) is 22.9 Å². The Hall–Kier alpha value is -1.75. The van der Waals surface area contributed by atoms with Gasteiger partial charge in [-0.3, -0.25) is 19.8 Å². The molecule has 2 aliphatic rings. The summed E-state index contributed by atoms with van der Waals surface area (Å²) < 4.78 is 0. The van der Waals surface area contributed by atoms with Gasteiger partial charge in [0.2, 0.25) is 0 Å². The van der Waals surface area contributed by atoms with E-state index in [1.165, 1.54) is 0 Å². The van der Waals surface area contributed by atoms with Crippen LogP contribution in [0.3, 0.4) is 0 Å². The van der Waals surface area contributed by atoms with E-state index in [0.29, 0.717) is 13.1 Å². The number of hydrogen-bond donors (Lipinski definition) is 5. The van der Waals surface area contributed by atoms with Gasteiger partial charge in [-0.2, -0.15) is 0 Å². The van der Waals surface area contributed by atoms with E-state index in [9.17, 15) is 5.11 Å². The first-order valence-corrected chi connectivity index (χ1v) is 12.2. The zero-order chi connectivity index (χ0) is 22.7. The molecular formula is C21H40N8OS. The molecule has 0 spiro atoms. The van der Waals surface area contributed by atoms with Crippen molar-refractivity contribution in [2.75, 3.05) is 38.5 Å². The van der Waals surface area contributed by atoms with Gasteiger partial charge in [-0.05, 0) is 57.6 Å². The fourth-order valence-corrected chi connectivity index (χ4v) is 5.29. The number of nitrogens with two attached hydrogens (primary N) is 4. The van der Waals surface area contributed by atoms with E-state index >= 15 is 0 Å². The predicted octanol–water partition coefficient (Wildman–Crippen LogP) is 0.713. The molecule has 0 aromatic carbocycles. The molecule has 2 rings (SSSR count). The third kappa shape index (κ3) is 7.71. The lowest BCUT2D eigenvalue weighted by Crippen LogP contribution is -2.58. The summed E-state index contributed by atoms with van der Waals surface area (Å²) >= 11 is 1.66. The number of unbranched alkanes of at least 4 members (excludes halogenated alkanes) is 3. The van der Waals surface area contributed by atoms with Crippen molar-refractivity contribution < 1.29 is 5.11 Å². The molecule has 2 heterocycles. The van der Waals surface area contributed by atoms with E-state index in [1.54, 1.807) is 11.8 Å². The molecule has 0 aromatic heterocycles. The molecule has 176 valence electrons. The SMILES string of the molecule is C=CCCCCC1(O)C(SCCN=C(N)N)=CC2N(CCCCN=C(N)N)CCCN21. The maximum Gasteiger partial charge on any atom is 0.185 e. The molecule has 0 aliphatic carbocycles. The van der Waals surface area contributed by atoms with Gasteiger partial charge < -0.3 is 28.0 Å². The minimum Gasteiger partial charge on any atom is -0.371 e. The molecule has 0 amide bonds. The molecule has 0 radical (unpaired) electrons. The van der Waals surface area contributed by atoms with Gasteiger partial charge >= 0.3 is 0 Å². The monoisotopic (exact) mass is 452 g/mol. The van der Waals surface area contributed by atoms with Gasteiger partial charge in [0.05, 0.1) is 12.7 Å². The summed E-state index contributed by atoms with van der Waals surface area (Å²) in [5.74, 6) is 0.981. The molecule has 2 aliphatic heterocycles. The number of guanidine groups is 2. The topological polar surface area (TPSA) is 156 Å². The Bertz CT molecular complexity index is 660. The largest absolute Gasteiger partial charge is 0.371 e. The number of aliphatic imine (C=N–C) groups is 2. The van der Waals surface area contributed by atoms with Crippen LogP contribution in [0.4, 0.5) is 0 Å². The van der Waals surface area contributed by atoms with Gasteiger partial charge in [0.1, 0.15) is 0 Å². The van der Waals surface area contributed by atoms with Crippen LogP contribution in [0.15, 0.2) is 33.6 Å². The normalized spacial score (nSPS) is 23.8. The Morgan fingerprint density at radius 1 is 1.13 bits per heavy atom. The van der Waals surface area contributed by atoms with Gasteiger partial charge in [-0.15, -0.1) is 18.3 Å². The molecule has 1 saturated heterocycles. The Morgan fingerprint density at radius 2 is 1.87 bits per heavy atom. The average Bonchev–Trinajstić information content (AvgIpc) is 3.01. The summed E-state index contributed by atoms with van der Waals surface area (Å²) in [6.45, 7) is 7.86. The lowest BCUT2D eigenvalue weighted by Gasteiger charge is -2.46. The molecular weight excluding hydrogens is 412 g/mol. The minimum absolute atomic E-state index is 0.102. The molecule has 2 atom stereocenters. The molecule has 0 bridgehead atoms. The van der Waals surface area contributed by atoms with Crippen LogP contribution < -0.4 is 22.9 Å². The van der Waals surface area contributed by atoms with Crippen LogP contribution in [0, 0.1) is 0 Å². The Labute approximate surface area is 190 Å². The van der Waals surface area contributed by atoms with Crippen molar-refractivity contribution in [1.82, 2.24) is 9.80 Å². The van der Waals surface area contributed by atoms with E-state index in [2.05, 4.69) is 32.4 Å². The zero-order valence-corrected chi connectivity index (χ0v) is 19.4. The number of fused-ring (bicyclic) bond motifs is 1. The van der Waals surface area contributed by atoms with Gasteiger partial charge in [-0.1, -0.05) is 6.08 Å². The number of rotatable bonds is 14. The molecule has 31 heavy (non-hydrogen) atoms. The van der Waals surface area contributed by atoms with Crippen molar-refractivity contribution in [2.45, 2.75) is 56.8 Å².